The van der Waals surface area contributed by atoms with Gasteiger partial charge < -0.3 is 9.26 Å². The zero-order valence-electron chi connectivity index (χ0n) is 10.6. The number of rotatable bonds is 4. The van der Waals surface area contributed by atoms with Gasteiger partial charge in [0.15, 0.2) is 0 Å². The number of nitriles is 1. The summed E-state index contributed by atoms with van der Waals surface area (Å²) in [6.45, 7) is 1.81. The van der Waals surface area contributed by atoms with E-state index in [-0.39, 0.29) is 5.92 Å². The highest BCUT2D eigenvalue weighted by Gasteiger charge is 2.12. The first kappa shape index (κ1) is 13.6. The van der Waals surface area contributed by atoms with E-state index in [0.29, 0.717) is 18.1 Å². The zero-order valence-corrected chi connectivity index (χ0v) is 12.1. The lowest BCUT2D eigenvalue weighted by Crippen LogP contribution is -1.96. The maximum Gasteiger partial charge on any atom is 0.228 e. The van der Waals surface area contributed by atoms with Crippen LogP contribution in [0, 0.1) is 17.2 Å². The van der Waals surface area contributed by atoms with E-state index >= 15 is 0 Å². The Bertz CT molecular complexity index is 619. The van der Waals surface area contributed by atoms with Gasteiger partial charge in [0.1, 0.15) is 5.75 Å². The Morgan fingerprint density at radius 2 is 2.32 bits per heavy atom. The van der Waals surface area contributed by atoms with Crippen molar-refractivity contribution in [1.82, 2.24) is 10.1 Å². The second-order valence-corrected chi connectivity index (χ2v) is 4.95. The van der Waals surface area contributed by atoms with E-state index in [0.717, 1.165) is 15.8 Å². The summed E-state index contributed by atoms with van der Waals surface area (Å²) in [4.78, 5) is 4.27. The fourth-order valence-corrected chi connectivity index (χ4v) is 2.11. The Morgan fingerprint density at radius 3 is 2.95 bits per heavy atom. The standard InChI is InChI=1S/C13H12BrN3O2/c1-8(7-15)5-12-16-13(17-19-12)9-3-4-11(18-2)10(14)6-9/h3-4,6,8H,5H2,1-2H3. The molecule has 98 valence electrons. The minimum Gasteiger partial charge on any atom is -0.496 e. The molecule has 1 atom stereocenters. The third-order valence-corrected chi connectivity index (χ3v) is 3.20. The number of aromatic nitrogens is 2. The fraction of sp³-hybridized carbons (Fsp3) is 0.308. The van der Waals surface area contributed by atoms with Crippen LogP contribution in [0.1, 0.15) is 12.8 Å². The summed E-state index contributed by atoms with van der Waals surface area (Å²) in [6.07, 6.45) is 0.459. The average molecular weight is 322 g/mol. The van der Waals surface area contributed by atoms with Crippen LogP contribution in [0.4, 0.5) is 0 Å². The Balaban J connectivity index is 2.23. The number of benzene rings is 1. The highest BCUT2D eigenvalue weighted by molar-refractivity contribution is 9.10. The molecule has 1 heterocycles. The molecule has 19 heavy (non-hydrogen) atoms. The molecule has 1 unspecified atom stereocenters. The van der Waals surface area contributed by atoms with Crippen LogP contribution in [-0.4, -0.2) is 17.3 Å². The molecular formula is C13H12BrN3O2. The Labute approximate surface area is 119 Å². The number of hydrogen-bond acceptors (Lipinski definition) is 5. The van der Waals surface area contributed by atoms with Crippen molar-refractivity contribution in [3.63, 3.8) is 0 Å². The SMILES string of the molecule is COc1ccc(-c2noc(CC(C)C#N)n2)cc1Br. The lowest BCUT2D eigenvalue weighted by Gasteiger charge is -2.03. The molecule has 1 aromatic heterocycles. The van der Waals surface area contributed by atoms with Gasteiger partial charge in [-0.25, -0.2) is 0 Å². The molecule has 0 saturated carbocycles. The van der Waals surface area contributed by atoms with Crippen LogP contribution < -0.4 is 4.74 Å². The minimum absolute atomic E-state index is 0.143. The maximum absolute atomic E-state index is 8.75. The van der Waals surface area contributed by atoms with Crippen LogP contribution in [-0.2, 0) is 6.42 Å². The van der Waals surface area contributed by atoms with E-state index in [1.807, 2.05) is 25.1 Å². The van der Waals surface area contributed by atoms with E-state index < -0.39 is 0 Å². The predicted molar refractivity (Wildman–Crippen MR) is 72.5 cm³/mol. The zero-order chi connectivity index (χ0) is 13.8. The second-order valence-electron chi connectivity index (χ2n) is 4.10. The molecule has 0 N–H and O–H groups in total. The van der Waals surface area contributed by atoms with Gasteiger partial charge in [0.05, 0.1) is 23.6 Å². The van der Waals surface area contributed by atoms with Gasteiger partial charge in [-0.3, -0.25) is 0 Å². The van der Waals surface area contributed by atoms with Crippen LogP contribution in [0.15, 0.2) is 27.2 Å². The molecule has 2 aromatic rings. The first-order valence-corrected chi connectivity index (χ1v) is 6.49. The molecule has 0 spiro atoms. The number of halogens is 1. The molecule has 0 saturated heterocycles. The van der Waals surface area contributed by atoms with Gasteiger partial charge in [-0.1, -0.05) is 5.16 Å². The summed E-state index contributed by atoms with van der Waals surface area (Å²) < 4.78 is 11.1. The molecule has 6 heteroatoms. The molecule has 2 rings (SSSR count). The van der Waals surface area contributed by atoms with Crippen molar-refractivity contribution in [1.29, 1.82) is 5.26 Å². The summed E-state index contributed by atoms with van der Waals surface area (Å²) in [5.41, 5.74) is 0.826. The Morgan fingerprint density at radius 1 is 1.53 bits per heavy atom. The van der Waals surface area contributed by atoms with E-state index in [2.05, 4.69) is 32.1 Å². The summed E-state index contributed by atoms with van der Waals surface area (Å²) >= 11 is 3.41. The summed E-state index contributed by atoms with van der Waals surface area (Å²) in [5.74, 6) is 1.57. The van der Waals surface area contributed by atoms with Crippen LogP contribution in [0.2, 0.25) is 0 Å². The first-order chi connectivity index (χ1) is 9.13. The molecule has 0 fully saturated rings. The first-order valence-electron chi connectivity index (χ1n) is 5.70. The largest absolute Gasteiger partial charge is 0.496 e. The van der Waals surface area contributed by atoms with Gasteiger partial charge in [0.25, 0.3) is 0 Å². The molecule has 0 aliphatic carbocycles. The number of nitrogens with zero attached hydrogens (tertiary/aromatic N) is 3. The van der Waals surface area contributed by atoms with Crippen LogP contribution in [0.5, 0.6) is 5.75 Å². The van der Waals surface area contributed by atoms with E-state index in [9.17, 15) is 0 Å². The molecule has 0 amide bonds. The van der Waals surface area contributed by atoms with E-state index in [1.165, 1.54) is 0 Å². The normalized spacial score (nSPS) is 11.9. The highest BCUT2D eigenvalue weighted by Crippen LogP contribution is 2.29. The lowest BCUT2D eigenvalue weighted by molar-refractivity contribution is 0.369. The van der Waals surface area contributed by atoms with E-state index in [1.54, 1.807) is 7.11 Å². The van der Waals surface area contributed by atoms with Gasteiger partial charge in [0.2, 0.25) is 11.7 Å². The van der Waals surface area contributed by atoms with Gasteiger partial charge in [0, 0.05) is 12.0 Å². The Hall–Kier alpha value is -1.87. The molecular weight excluding hydrogens is 310 g/mol. The highest BCUT2D eigenvalue weighted by atomic mass is 79.9. The Kier molecular flexibility index (Phi) is 4.17. The minimum atomic E-state index is -0.143. The molecule has 0 aliphatic rings. The van der Waals surface area contributed by atoms with Crippen molar-refractivity contribution in [2.45, 2.75) is 13.3 Å². The summed E-state index contributed by atoms with van der Waals surface area (Å²) in [5, 5.41) is 12.7. The monoisotopic (exact) mass is 321 g/mol. The van der Waals surface area contributed by atoms with Crippen LogP contribution in [0.3, 0.4) is 0 Å². The van der Waals surface area contributed by atoms with Crippen molar-refractivity contribution >= 4 is 15.9 Å². The van der Waals surface area contributed by atoms with E-state index in [4.69, 9.17) is 14.5 Å². The number of hydrogen-bond donors (Lipinski definition) is 0. The van der Waals surface area contributed by atoms with Gasteiger partial charge in [-0.05, 0) is 41.1 Å². The summed E-state index contributed by atoms with van der Waals surface area (Å²) in [6, 6.07) is 7.68. The third-order valence-electron chi connectivity index (χ3n) is 2.58. The number of methoxy groups -OCH3 is 1. The molecule has 5 nitrogen and oxygen atoms in total. The van der Waals surface area contributed by atoms with Crippen LogP contribution >= 0.6 is 15.9 Å². The van der Waals surface area contributed by atoms with Crippen molar-refractivity contribution < 1.29 is 9.26 Å². The van der Waals surface area contributed by atoms with Crippen molar-refractivity contribution in [2.24, 2.45) is 5.92 Å². The van der Waals surface area contributed by atoms with Crippen molar-refractivity contribution in [3.8, 4) is 23.2 Å². The topological polar surface area (TPSA) is 71.9 Å². The van der Waals surface area contributed by atoms with Gasteiger partial charge in [-0.2, -0.15) is 10.2 Å². The average Bonchev–Trinajstić information content (AvgIpc) is 2.87. The molecule has 0 radical (unpaired) electrons. The summed E-state index contributed by atoms with van der Waals surface area (Å²) in [7, 11) is 1.61. The quantitative estimate of drug-likeness (QED) is 0.864. The van der Waals surface area contributed by atoms with Gasteiger partial charge in [-0.15, -0.1) is 0 Å². The maximum atomic E-state index is 8.75. The molecule has 1 aromatic carbocycles. The lowest BCUT2D eigenvalue weighted by atomic mass is 10.1. The second kappa shape index (κ2) is 5.85. The smallest absolute Gasteiger partial charge is 0.228 e. The molecule has 0 bridgehead atoms. The number of ether oxygens (including phenoxy) is 1. The molecule has 0 aliphatic heterocycles. The van der Waals surface area contributed by atoms with Crippen molar-refractivity contribution in [3.05, 3.63) is 28.6 Å². The van der Waals surface area contributed by atoms with Gasteiger partial charge >= 0.3 is 0 Å². The van der Waals surface area contributed by atoms with Crippen molar-refractivity contribution in [2.75, 3.05) is 7.11 Å². The fourth-order valence-electron chi connectivity index (χ4n) is 1.57. The third kappa shape index (κ3) is 3.12. The van der Waals surface area contributed by atoms with Crippen LogP contribution in [0.25, 0.3) is 11.4 Å². The predicted octanol–water partition coefficient (Wildman–Crippen LogP) is 3.21.